The van der Waals surface area contributed by atoms with Crippen LogP contribution < -0.4 is 0 Å². The summed E-state index contributed by atoms with van der Waals surface area (Å²) < 4.78 is 11.4. The van der Waals surface area contributed by atoms with Gasteiger partial charge in [-0.1, -0.05) is 13.8 Å². The Morgan fingerprint density at radius 3 is 2.50 bits per heavy atom. The summed E-state index contributed by atoms with van der Waals surface area (Å²) in [6, 6.07) is 2.12. The van der Waals surface area contributed by atoms with E-state index in [2.05, 4.69) is 19.9 Å². The molecule has 0 unspecified atom stereocenters. The SMILES string of the molecule is CC1=CC2(CC(C)(C)C1=CC#N)OCCO2. The lowest BCUT2D eigenvalue weighted by molar-refractivity contribution is -0.139. The number of hydrogen-bond donors (Lipinski definition) is 0. The van der Waals surface area contributed by atoms with E-state index in [-0.39, 0.29) is 5.41 Å². The molecule has 1 saturated heterocycles. The Morgan fingerprint density at radius 1 is 1.38 bits per heavy atom. The molecule has 1 fully saturated rings. The molecule has 1 heterocycles. The maximum atomic E-state index is 8.81. The van der Waals surface area contributed by atoms with Crippen molar-refractivity contribution in [2.75, 3.05) is 13.2 Å². The molecule has 0 atom stereocenters. The third-order valence-corrected chi connectivity index (χ3v) is 3.26. The molecular weight excluding hydrogens is 202 g/mol. The average molecular weight is 219 g/mol. The van der Waals surface area contributed by atoms with Crippen molar-refractivity contribution in [2.45, 2.75) is 33.0 Å². The molecule has 0 aromatic heterocycles. The highest BCUT2D eigenvalue weighted by Gasteiger charge is 2.45. The molecule has 0 aromatic carbocycles. The second kappa shape index (κ2) is 3.73. The van der Waals surface area contributed by atoms with Crippen molar-refractivity contribution in [3.63, 3.8) is 0 Å². The number of hydrogen-bond acceptors (Lipinski definition) is 3. The minimum absolute atomic E-state index is 0.0844. The van der Waals surface area contributed by atoms with Crippen LogP contribution in [0.3, 0.4) is 0 Å². The van der Waals surface area contributed by atoms with E-state index < -0.39 is 5.79 Å². The standard InChI is InChI=1S/C13H17NO2/c1-10-8-13(15-6-7-16-13)9-12(2,3)11(10)4-5-14/h4,8H,6-7,9H2,1-3H3. The van der Waals surface area contributed by atoms with Crippen molar-refractivity contribution in [1.29, 1.82) is 5.26 Å². The molecular formula is C13H17NO2. The first-order valence-electron chi connectivity index (χ1n) is 5.57. The summed E-state index contributed by atoms with van der Waals surface area (Å²) in [5, 5.41) is 8.81. The first-order valence-corrected chi connectivity index (χ1v) is 5.57. The van der Waals surface area contributed by atoms with Gasteiger partial charge in [-0.25, -0.2) is 0 Å². The molecule has 1 aliphatic carbocycles. The van der Waals surface area contributed by atoms with Crippen molar-refractivity contribution in [3.05, 3.63) is 23.3 Å². The zero-order chi connectivity index (χ0) is 11.8. The Labute approximate surface area is 96.3 Å². The van der Waals surface area contributed by atoms with Crippen LogP contribution in [0.1, 0.15) is 27.2 Å². The molecule has 2 aliphatic rings. The molecule has 2 rings (SSSR count). The van der Waals surface area contributed by atoms with Gasteiger partial charge in [-0.3, -0.25) is 0 Å². The van der Waals surface area contributed by atoms with Gasteiger partial charge in [-0.2, -0.15) is 5.26 Å². The third-order valence-electron chi connectivity index (χ3n) is 3.26. The summed E-state index contributed by atoms with van der Waals surface area (Å²) in [7, 11) is 0. The first kappa shape index (κ1) is 11.4. The van der Waals surface area contributed by atoms with Crippen molar-refractivity contribution in [3.8, 4) is 6.07 Å². The summed E-state index contributed by atoms with van der Waals surface area (Å²) in [4.78, 5) is 0. The number of rotatable bonds is 0. The van der Waals surface area contributed by atoms with Gasteiger partial charge in [0.2, 0.25) is 0 Å². The Kier molecular flexibility index (Phi) is 2.65. The predicted octanol–water partition coefficient (Wildman–Crippen LogP) is 2.56. The van der Waals surface area contributed by atoms with Crippen molar-refractivity contribution < 1.29 is 9.47 Å². The van der Waals surface area contributed by atoms with Gasteiger partial charge >= 0.3 is 0 Å². The molecule has 1 spiro atoms. The van der Waals surface area contributed by atoms with E-state index in [1.807, 2.05) is 13.0 Å². The van der Waals surface area contributed by atoms with E-state index in [9.17, 15) is 0 Å². The van der Waals surface area contributed by atoms with E-state index in [4.69, 9.17) is 14.7 Å². The topological polar surface area (TPSA) is 42.2 Å². The van der Waals surface area contributed by atoms with Gasteiger partial charge in [0.05, 0.1) is 19.3 Å². The molecule has 0 radical (unpaired) electrons. The average Bonchev–Trinajstić information content (AvgIpc) is 2.59. The van der Waals surface area contributed by atoms with Crippen LogP contribution in [-0.4, -0.2) is 19.0 Å². The highest BCUT2D eigenvalue weighted by Crippen LogP contribution is 2.47. The second-order valence-corrected chi connectivity index (χ2v) is 5.08. The summed E-state index contributed by atoms with van der Waals surface area (Å²) in [6.07, 6.45) is 4.41. The van der Waals surface area contributed by atoms with Crippen molar-refractivity contribution in [2.24, 2.45) is 5.41 Å². The van der Waals surface area contributed by atoms with Gasteiger partial charge in [0, 0.05) is 12.5 Å². The lowest BCUT2D eigenvalue weighted by atomic mass is 9.71. The first-order chi connectivity index (χ1) is 7.49. The molecule has 3 nitrogen and oxygen atoms in total. The lowest BCUT2D eigenvalue weighted by Gasteiger charge is -2.40. The van der Waals surface area contributed by atoms with Crippen molar-refractivity contribution >= 4 is 0 Å². The third kappa shape index (κ3) is 1.79. The van der Waals surface area contributed by atoms with E-state index in [0.717, 1.165) is 17.6 Å². The fraction of sp³-hybridized carbons (Fsp3) is 0.615. The van der Waals surface area contributed by atoms with Crippen LogP contribution in [0.25, 0.3) is 0 Å². The fourth-order valence-electron chi connectivity index (χ4n) is 2.73. The van der Waals surface area contributed by atoms with Gasteiger partial charge in [0.25, 0.3) is 0 Å². The van der Waals surface area contributed by atoms with Crippen LogP contribution in [0.4, 0.5) is 0 Å². The van der Waals surface area contributed by atoms with E-state index >= 15 is 0 Å². The number of nitriles is 1. The molecule has 0 bridgehead atoms. The Balaban J connectivity index is 2.42. The molecule has 0 aromatic rings. The van der Waals surface area contributed by atoms with Crippen LogP contribution in [0, 0.1) is 16.7 Å². The monoisotopic (exact) mass is 219 g/mol. The van der Waals surface area contributed by atoms with E-state index in [1.165, 1.54) is 0 Å². The number of allylic oxidation sites excluding steroid dienone is 3. The largest absolute Gasteiger partial charge is 0.344 e. The summed E-state index contributed by atoms with van der Waals surface area (Å²) in [6.45, 7) is 7.56. The minimum atomic E-state index is -0.555. The van der Waals surface area contributed by atoms with Gasteiger partial charge in [-0.15, -0.1) is 0 Å². The Hall–Kier alpha value is -1.11. The van der Waals surface area contributed by atoms with Gasteiger partial charge in [0.15, 0.2) is 5.79 Å². The minimum Gasteiger partial charge on any atom is -0.344 e. The molecule has 3 heteroatoms. The Bertz CT molecular complexity index is 393. The lowest BCUT2D eigenvalue weighted by Crippen LogP contribution is -2.39. The van der Waals surface area contributed by atoms with Crippen LogP contribution in [-0.2, 0) is 9.47 Å². The molecule has 1 aliphatic heterocycles. The van der Waals surface area contributed by atoms with Crippen LogP contribution in [0.2, 0.25) is 0 Å². The summed E-state index contributed by atoms with van der Waals surface area (Å²) in [5.74, 6) is -0.555. The summed E-state index contributed by atoms with van der Waals surface area (Å²) >= 11 is 0. The summed E-state index contributed by atoms with van der Waals surface area (Å²) in [5.41, 5.74) is 2.08. The van der Waals surface area contributed by atoms with E-state index in [1.54, 1.807) is 6.08 Å². The molecule has 86 valence electrons. The molecule has 0 amide bonds. The highest BCUT2D eigenvalue weighted by atomic mass is 16.7. The second-order valence-electron chi connectivity index (χ2n) is 5.08. The Morgan fingerprint density at radius 2 is 2.00 bits per heavy atom. The van der Waals surface area contributed by atoms with Gasteiger partial charge in [-0.05, 0) is 29.6 Å². The van der Waals surface area contributed by atoms with E-state index in [0.29, 0.717) is 13.2 Å². The smallest absolute Gasteiger partial charge is 0.189 e. The highest BCUT2D eigenvalue weighted by molar-refractivity contribution is 5.42. The fourth-order valence-corrected chi connectivity index (χ4v) is 2.73. The quantitative estimate of drug-likeness (QED) is 0.588. The van der Waals surface area contributed by atoms with Crippen LogP contribution in [0.15, 0.2) is 23.3 Å². The molecule has 0 saturated carbocycles. The van der Waals surface area contributed by atoms with Crippen molar-refractivity contribution in [1.82, 2.24) is 0 Å². The number of ether oxygens (including phenoxy) is 2. The maximum Gasteiger partial charge on any atom is 0.189 e. The normalized spacial score (nSPS) is 29.1. The van der Waals surface area contributed by atoms with Gasteiger partial charge in [0.1, 0.15) is 0 Å². The predicted molar refractivity (Wildman–Crippen MR) is 60.5 cm³/mol. The zero-order valence-electron chi connectivity index (χ0n) is 10.0. The molecule has 0 N–H and O–H groups in total. The maximum absolute atomic E-state index is 8.81. The van der Waals surface area contributed by atoms with Gasteiger partial charge < -0.3 is 9.47 Å². The van der Waals surface area contributed by atoms with Crippen LogP contribution >= 0.6 is 0 Å². The van der Waals surface area contributed by atoms with Crippen LogP contribution in [0.5, 0.6) is 0 Å². The molecule has 16 heavy (non-hydrogen) atoms. The zero-order valence-corrected chi connectivity index (χ0v) is 10.0. The number of nitrogens with zero attached hydrogens (tertiary/aromatic N) is 1.